The number of imidazole rings is 1. The number of benzene rings is 1. The van der Waals surface area contributed by atoms with E-state index in [1.165, 1.54) is 18.9 Å². The summed E-state index contributed by atoms with van der Waals surface area (Å²) >= 11 is 1.59. The van der Waals surface area contributed by atoms with Crippen LogP contribution in [0.15, 0.2) is 23.6 Å². The lowest BCUT2D eigenvalue weighted by Crippen LogP contribution is -1.92. The molecule has 1 aliphatic carbocycles. The van der Waals surface area contributed by atoms with Gasteiger partial charge in [-0.15, -0.1) is 11.3 Å². The second-order valence-electron chi connectivity index (χ2n) is 4.95. The van der Waals surface area contributed by atoms with Crippen molar-refractivity contribution in [2.75, 3.05) is 0 Å². The van der Waals surface area contributed by atoms with Crippen LogP contribution in [0.3, 0.4) is 0 Å². The van der Waals surface area contributed by atoms with Gasteiger partial charge in [0, 0.05) is 18.3 Å². The first-order valence-corrected chi connectivity index (χ1v) is 7.19. The van der Waals surface area contributed by atoms with Gasteiger partial charge in [-0.2, -0.15) is 0 Å². The van der Waals surface area contributed by atoms with E-state index in [2.05, 4.69) is 15.3 Å². The molecule has 1 aromatic carbocycles. The zero-order chi connectivity index (χ0) is 13.0. The molecule has 2 heterocycles. The SMILES string of the molecule is Cn1c(-c2nc(C3CC3)cs2)nc2c(F)cccc21. The minimum atomic E-state index is -0.279. The minimum Gasteiger partial charge on any atom is -0.325 e. The number of thiazole rings is 1. The quantitative estimate of drug-likeness (QED) is 0.712. The van der Waals surface area contributed by atoms with Gasteiger partial charge in [0.25, 0.3) is 0 Å². The first-order chi connectivity index (χ1) is 9.24. The summed E-state index contributed by atoms with van der Waals surface area (Å²) in [6.07, 6.45) is 2.47. The molecule has 4 rings (SSSR count). The molecule has 1 saturated carbocycles. The van der Waals surface area contributed by atoms with Crippen LogP contribution in [0.25, 0.3) is 21.9 Å². The monoisotopic (exact) mass is 273 g/mol. The van der Waals surface area contributed by atoms with Gasteiger partial charge in [0.15, 0.2) is 16.6 Å². The third-order valence-electron chi connectivity index (χ3n) is 3.57. The highest BCUT2D eigenvalue weighted by Crippen LogP contribution is 2.41. The number of nitrogens with zero attached hydrogens (tertiary/aromatic N) is 3. The molecule has 1 aliphatic rings. The summed E-state index contributed by atoms with van der Waals surface area (Å²) in [7, 11) is 1.91. The highest BCUT2D eigenvalue weighted by Gasteiger charge is 2.27. The van der Waals surface area contributed by atoms with Crippen molar-refractivity contribution in [1.29, 1.82) is 0 Å². The molecule has 3 nitrogen and oxygen atoms in total. The average molecular weight is 273 g/mol. The van der Waals surface area contributed by atoms with Crippen LogP contribution >= 0.6 is 11.3 Å². The first-order valence-electron chi connectivity index (χ1n) is 6.31. The minimum absolute atomic E-state index is 0.279. The summed E-state index contributed by atoms with van der Waals surface area (Å²) in [5.41, 5.74) is 2.38. The van der Waals surface area contributed by atoms with Crippen LogP contribution in [0.5, 0.6) is 0 Å². The smallest absolute Gasteiger partial charge is 0.170 e. The maximum atomic E-state index is 13.7. The van der Waals surface area contributed by atoms with Crippen molar-refractivity contribution < 1.29 is 4.39 Å². The topological polar surface area (TPSA) is 30.7 Å². The maximum Gasteiger partial charge on any atom is 0.170 e. The molecule has 0 N–H and O–H groups in total. The predicted octanol–water partition coefficient (Wildman–Crippen LogP) is 3.71. The lowest BCUT2D eigenvalue weighted by Gasteiger charge is -1.98. The van der Waals surface area contributed by atoms with Gasteiger partial charge in [-0.1, -0.05) is 6.07 Å². The van der Waals surface area contributed by atoms with E-state index in [-0.39, 0.29) is 5.82 Å². The largest absolute Gasteiger partial charge is 0.325 e. The molecular weight excluding hydrogens is 261 g/mol. The summed E-state index contributed by atoms with van der Waals surface area (Å²) in [6, 6.07) is 5.03. The standard InChI is InChI=1S/C14H12FN3S/c1-18-11-4-2-3-9(15)12(11)17-13(18)14-16-10(7-19-14)8-5-6-8/h2-4,7-8H,5-6H2,1H3. The molecular formula is C14H12FN3S. The highest BCUT2D eigenvalue weighted by atomic mass is 32.1. The molecule has 3 aromatic rings. The normalized spacial score (nSPS) is 15.3. The molecule has 0 spiro atoms. The lowest BCUT2D eigenvalue weighted by atomic mass is 10.3. The van der Waals surface area contributed by atoms with Crippen LogP contribution in [-0.2, 0) is 7.05 Å². The lowest BCUT2D eigenvalue weighted by molar-refractivity contribution is 0.637. The Labute approximate surface area is 113 Å². The Balaban J connectivity index is 1.89. The molecule has 0 unspecified atom stereocenters. The molecule has 0 saturated heterocycles. The fourth-order valence-electron chi connectivity index (χ4n) is 2.33. The van der Waals surface area contributed by atoms with Gasteiger partial charge in [-0.05, 0) is 25.0 Å². The van der Waals surface area contributed by atoms with Crippen molar-refractivity contribution >= 4 is 22.4 Å². The van der Waals surface area contributed by atoms with E-state index >= 15 is 0 Å². The number of fused-ring (bicyclic) bond motifs is 1. The van der Waals surface area contributed by atoms with Crippen molar-refractivity contribution in [3.05, 3.63) is 35.1 Å². The Morgan fingerprint density at radius 1 is 1.32 bits per heavy atom. The van der Waals surface area contributed by atoms with Gasteiger partial charge >= 0.3 is 0 Å². The predicted molar refractivity (Wildman–Crippen MR) is 73.8 cm³/mol. The fraction of sp³-hybridized carbons (Fsp3) is 0.286. The third-order valence-corrected chi connectivity index (χ3v) is 4.43. The van der Waals surface area contributed by atoms with Gasteiger partial charge in [0.05, 0.1) is 11.2 Å². The van der Waals surface area contributed by atoms with Gasteiger partial charge in [0.1, 0.15) is 5.52 Å². The van der Waals surface area contributed by atoms with Crippen LogP contribution in [0, 0.1) is 5.82 Å². The van der Waals surface area contributed by atoms with Gasteiger partial charge in [-0.3, -0.25) is 0 Å². The van der Waals surface area contributed by atoms with E-state index in [1.807, 2.05) is 17.7 Å². The van der Waals surface area contributed by atoms with Crippen molar-refractivity contribution in [1.82, 2.24) is 14.5 Å². The summed E-state index contributed by atoms with van der Waals surface area (Å²) in [5, 5.41) is 2.97. The number of halogens is 1. The van der Waals surface area contributed by atoms with E-state index in [9.17, 15) is 4.39 Å². The van der Waals surface area contributed by atoms with Crippen molar-refractivity contribution in [2.24, 2.45) is 7.05 Å². The van der Waals surface area contributed by atoms with Crippen molar-refractivity contribution in [2.45, 2.75) is 18.8 Å². The van der Waals surface area contributed by atoms with Crippen molar-refractivity contribution in [3.63, 3.8) is 0 Å². The van der Waals surface area contributed by atoms with Gasteiger partial charge in [-0.25, -0.2) is 14.4 Å². The summed E-state index contributed by atoms with van der Waals surface area (Å²) in [6.45, 7) is 0. The Morgan fingerprint density at radius 3 is 2.89 bits per heavy atom. The average Bonchev–Trinajstić information content (AvgIpc) is 3.05. The van der Waals surface area contributed by atoms with Crippen molar-refractivity contribution in [3.8, 4) is 10.8 Å². The zero-order valence-corrected chi connectivity index (χ0v) is 11.2. The molecule has 19 heavy (non-hydrogen) atoms. The Hall–Kier alpha value is -1.75. The summed E-state index contributed by atoms with van der Waals surface area (Å²) < 4.78 is 15.7. The van der Waals surface area contributed by atoms with Crippen LogP contribution in [0.4, 0.5) is 4.39 Å². The van der Waals surface area contributed by atoms with E-state index < -0.39 is 0 Å². The molecule has 0 amide bonds. The number of rotatable bonds is 2. The number of para-hydroxylation sites is 1. The number of aromatic nitrogens is 3. The van der Waals surface area contributed by atoms with Crippen LogP contribution in [-0.4, -0.2) is 14.5 Å². The Kier molecular flexibility index (Phi) is 2.26. The molecule has 0 bridgehead atoms. The third kappa shape index (κ3) is 1.69. The molecule has 0 radical (unpaired) electrons. The van der Waals surface area contributed by atoms with Gasteiger partial charge in [0.2, 0.25) is 0 Å². The van der Waals surface area contributed by atoms with Crippen LogP contribution in [0.1, 0.15) is 24.5 Å². The maximum absolute atomic E-state index is 13.7. The molecule has 0 aliphatic heterocycles. The second kappa shape index (κ2) is 3.87. The van der Waals surface area contributed by atoms with E-state index in [0.29, 0.717) is 11.4 Å². The van der Waals surface area contributed by atoms with Crippen LogP contribution < -0.4 is 0 Å². The number of hydrogen-bond acceptors (Lipinski definition) is 3. The summed E-state index contributed by atoms with van der Waals surface area (Å²) in [5.74, 6) is 1.10. The fourth-order valence-corrected chi connectivity index (χ4v) is 3.25. The molecule has 1 fully saturated rings. The van der Waals surface area contributed by atoms with E-state index in [0.717, 1.165) is 22.0 Å². The number of hydrogen-bond donors (Lipinski definition) is 0. The molecule has 96 valence electrons. The van der Waals surface area contributed by atoms with E-state index in [4.69, 9.17) is 0 Å². The van der Waals surface area contributed by atoms with Crippen LogP contribution in [0.2, 0.25) is 0 Å². The molecule has 0 atom stereocenters. The van der Waals surface area contributed by atoms with E-state index in [1.54, 1.807) is 17.4 Å². The highest BCUT2D eigenvalue weighted by molar-refractivity contribution is 7.13. The zero-order valence-electron chi connectivity index (χ0n) is 10.4. The number of aryl methyl sites for hydroxylation is 1. The summed E-state index contributed by atoms with van der Waals surface area (Å²) in [4.78, 5) is 9.05. The Bertz CT molecular complexity index is 770. The van der Waals surface area contributed by atoms with Gasteiger partial charge < -0.3 is 4.57 Å². The molecule has 2 aromatic heterocycles. The molecule has 5 heteroatoms. The first kappa shape index (κ1) is 11.1. The Morgan fingerprint density at radius 2 is 2.16 bits per heavy atom. The second-order valence-corrected chi connectivity index (χ2v) is 5.81.